The molecule has 1 saturated heterocycles. The lowest BCUT2D eigenvalue weighted by Crippen LogP contribution is -2.29. The number of esters is 1. The van der Waals surface area contributed by atoms with Gasteiger partial charge in [-0.05, 0) is 43.2 Å². The first-order chi connectivity index (χ1) is 16.1. The highest BCUT2D eigenvalue weighted by molar-refractivity contribution is 9.10. The van der Waals surface area contributed by atoms with Crippen LogP contribution >= 0.6 is 27.3 Å². The molecule has 34 heavy (non-hydrogen) atoms. The number of aliphatic hydroxyl groups excluding tert-OH is 1. The highest BCUT2D eigenvalue weighted by atomic mass is 79.9. The molecule has 10 heteroatoms. The summed E-state index contributed by atoms with van der Waals surface area (Å²) in [7, 11) is 1.23. The van der Waals surface area contributed by atoms with Gasteiger partial charge >= 0.3 is 11.9 Å². The summed E-state index contributed by atoms with van der Waals surface area (Å²) in [5.74, 6) is -3.55. The van der Waals surface area contributed by atoms with Crippen molar-refractivity contribution in [1.82, 2.24) is 4.98 Å². The highest BCUT2D eigenvalue weighted by Crippen LogP contribution is 2.44. The van der Waals surface area contributed by atoms with Crippen LogP contribution in [0.5, 0.6) is 0 Å². The second kappa shape index (κ2) is 9.11. The molecular formula is C24H18BrFN2O5S. The molecule has 1 N–H and O–H groups in total. The number of methoxy groups -OCH3 is 1. The van der Waals surface area contributed by atoms with Crippen molar-refractivity contribution in [3.8, 4) is 0 Å². The molecule has 1 amide bonds. The van der Waals surface area contributed by atoms with Crippen LogP contribution in [0.1, 0.15) is 38.1 Å². The SMILES string of the molecule is COC(=O)c1sc(N2C(=O)C(=O)/C(=C(/O)c3ccc(C)c(F)c3)C2c2ccc(Br)cc2)nc1C. The first-order valence-electron chi connectivity index (χ1n) is 10.0. The number of benzene rings is 2. The molecule has 1 aromatic heterocycles. The molecule has 1 atom stereocenters. The largest absolute Gasteiger partial charge is 0.507 e. The number of nitrogens with zero attached hydrogens (tertiary/aromatic N) is 2. The number of ketones is 1. The number of anilines is 1. The minimum atomic E-state index is -1.05. The summed E-state index contributed by atoms with van der Waals surface area (Å²) in [5.41, 5.74) is 1.08. The van der Waals surface area contributed by atoms with Gasteiger partial charge in [0.1, 0.15) is 16.5 Å². The minimum absolute atomic E-state index is 0.0637. The summed E-state index contributed by atoms with van der Waals surface area (Å²) >= 11 is 4.26. The summed E-state index contributed by atoms with van der Waals surface area (Å²) in [4.78, 5) is 44.1. The predicted molar refractivity (Wildman–Crippen MR) is 128 cm³/mol. The smallest absolute Gasteiger partial charge is 0.350 e. The van der Waals surface area contributed by atoms with Crippen LogP contribution in [0.3, 0.4) is 0 Å². The summed E-state index contributed by atoms with van der Waals surface area (Å²) < 4.78 is 19.8. The minimum Gasteiger partial charge on any atom is -0.507 e. The third kappa shape index (κ3) is 4.03. The molecule has 4 rings (SSSR count). The second-order valence-corrected chi connectivity index (χ2v) is 9.48. The molecule has 174 valence electrons. The third-order valence-corrected chi connectivity index (χ3v) is 7.10. The molecule has 0 bridgehead atoms. The van der Waals surface area contributed by atoms with Gasteiger partial charge in [-0.15, -0.1) is 0 Å². The monoisotopic (exact) mass is 544 g/mol. The number of hydrogen-bond acceptors (Lipinski definition) is 7. The maximum Gasteiger partial charge on any atom is 0.350 e. The van der Waals surface area contributed by atoms with Gasteiger partial charge in [-0.3, -0.25) is 14.5 Å². The van der Waals surface area contributed by atoms with Crippen molar-refractivity contribution in [3.05, 3.63) is 85.6 Å². The van der Waals surface area contributed by atoms with Crippen LogP contribution in [0, 0.1) is 19.7 Å². The van der Waals surface area contributed by atoms with Gasteiger partial charge in [0.2, 0.25) is 0 Å². The van der Waals surface area contributed by atoms with Gasteiger partial charge in [0.05, 0.1) is 24.4 Å². The van der Waals surface area contributed by atoms with Crippen molar-refractivity contribution in [1.29, 1.82) is 0 Å². The average molecular weight is 545 g/mol. The van der Waals surface area contributed by atoms with Crippen molar-refractivity contribution in [2.24, 2.45) is 0 Å². The number of aliphatic hydroxyl groups is 1. The van der Waals surface area contributed by atoms with Crippen molar-refractivity contribution in [2.45, 2.75) is 19.9 Å². The predicted octanol–water partition coefficient (Wildman–Crippen LogP) is 5.07. The Morgan fingerprint density at radius 2 is 1.85 bits per heavy atom. The zero-order valence-corrected chi connectivity index (χ0v) is 20.7. The Hall–Kier alpha value is -3.37. The molecule has 2 aromatic carbocycles. The Labute approximate surface area is 206 Å². The van der Waals surface area contributed by atoms with Gasteiger partial charge < -0.3 is 9.84 Å². The fourth-order valence-corrected chi connectivity index (χ4v) is 4.93. The Kier molecular flexibility index (Phi) is 6.37. The molecule has 3 aromatic rings. The highest BCUT2D eigenvalue weighted by Gasteiger charge is 2.48. The van der Waals surface area contributed by atoms with Gasteiger partial charge in [-0.1, -0.05) is 51.5 Å². The number of aryl methyl sites for hydroxylation is 2. The summed E-state index contributed by atoms with van der Waals surface area (Å²) in [5, 5.41) is 11.2. The summed E-state index contributed by atoms with van der Waals surface area (Å²) in [6, 6.07) is 9.86. The van der Waals surface area contributed by atoms with Gasteiger partial charge in [-0.2, -0.15) is 0 Å². The van der Waals surface area contributed by atoms with Gasteiger partial charge in [0, 0.05) is 10.0 Å². The van der Waals surface area contributed by atoms with E-state index in [0.29, 0.717) is 16.8 Å². The fraction of sp³-hybridized carbons (Fsp3) is 0.167. The van der Waals surface area contributed by atoms with Crippen LogP contribution in [0.25, 0.3) is 5.76 Å². The molecule has 0 spiro atoms. The molecule has 0 radical (unpaired) electrons. The van der Waals surface area contributed by atoms with Crippen molar-refractivity contribution in [3.63, 3.8) is 0 Å². The molecule has 1 aliphatic rings. The lowest BCUT2D eigenvalue weighted by molar-refractivity contribution is -0.132. The van der Waals surface area contributed by atoms with E-state index in [1.165, 1.54) is 19.2 Å². The van der Waals surface area contributed by atoms with Crippen LogP contribution in [-0.4, -0.2) is 34.9 Å². The van der Waals surface area contributed by atoms with E-state index in [2.05, 4.69) is 20.9 Å². The van der Waals surface area contributed by atoms with E-state index >= 15 is 0 Å². The van der Waals surface area contributed by atoms with Crippen molar-refractivity contribution >= 4 is 55.8 Å². The zero-order chi connectivity index (χ0) is 24.7. The van der Waals surface area contributed by atoms with Crippen LogP contribution in [-0.2, 0) is 14.3 Å². The number of carbonyl (C=O) groups is 3. The Morgan fingerprint density at radius 1 is 1.18 bits per heavy atom. The molecule has 1 fully saturated rings. The van der Waals surface area contributed by atoms with E-state index in [4.69, 9.17) is 4.74 Å². The van der Waals surface area contributed by atoms with E-state index in [1.807, 2.05) is 0 Å². The van der Waals surface area contributed by atoms with Gasteiger partial charge in [0.25, 0.3) is 5.78 Å². The fourth-order valence-electron chi connectivity index (χ4n) is 3.65. The molecule has 1 unspecified atom stereocenters. The van der Waals surface area contributed by atoms with Gasteiger partial charge in [-0.25, -0.2) is 14.2 Å². The normalized spacial score (nSPS) is 17.3. The van der Waals surface area contributed by atoms with Crippen LogP contribution < -0.4 is 4.90 Å². The van der Waals surface area contributed by atoms with Crippen LogP contribution in [0.4, 0.5) is 9.52 Å². The molecular weight excluding hydrogens is 527 g/mol. The number of hydrogen-bond donors (Lipinski definition) is 1. The van der Waals surface area contributed by atoms with E-state index in [-0.39, 0.29) is 21.1 Å². The number of carbonyl (C=O) groups excluding carboxylic acids is 3. The maximum absolute atomic E-state index is 14.2. The number of halogens is 2. The second-order valence-electron chi connectivity index (χ2n) is 7.59. The quantitative estimate of drug-likeness (QED) is 0.213. The van der Waals surface area contributed by atoms with Crippen LogP contribution in [0.2, 0.25) is 0 Å². The number of rotatable bonds is 4. The number of aromatic nitrogens is 1. The third-order valence-electron chi connectivity index (χ3n) is 5.44. The van der Waals surface area contributed by atoms with E-state index < -0.39 is 35.3 Å². The first kappa shape index (κ1) is 23.8. The average Bonchev–Trinajstić information content (AvgIpc) is 3.32. The lowest BCUT2D eigenvalue weighted by atomic mass is 9.95. The molecule has 0 saturated carbocycles. The number of thiazole rings is 1. The van der Waals surface area contributed by atoms with Gasteiger partial charge in [0.15, 0.2) is 5.13 Å². The molecule has 2 heterocycles. The number of amides is 1. The van der Waals surface area contributed by atoms with Crippen LogP contribution in [0.15, 0.2) is 52.5 Å². The van der Waals surface area contributed by atoms with E-state index in [9.17, 15) is 23.9 Å². The number of Topliss-reactive ketones (excluding diaryl/α,β-unsaturated/α-hetero) is 1. The standard InChI is InChI=1S/C24H18BrFN2O5S/c1-11-4-5-14(10-16(11)26)19(29)17-18(13-6-8-15(25)9-7-13)28(22(31)20(17)30)24-27-12(2)21(34-24)23(32)33-3/h4-10,18,29H,1-3H3/b19-17+. The Bertz CT molecular complexity index is 1370. The Balaban J connectivity index is 1.94. The molecule has 0 aliphatic carbocycles. The summed E-state index contributed by atoms with van der Waals surface area (Å²) in [6.45, 7) is 3.16. The maximum atomic E-state index is 14.2. The lowest BCUT2D eigenvalue weighted by Gasteiger charge is -2.23. The zero-order valence-electron chi connectivity index (χ0n) is 18.3. The first-order valence-corrected chi connectivity index (χ1v) is 11.6. The summed E-state index contributed by atoms with van der Waals surface area (Å²) in [6.07, 6.45) is 0. The number of ether oxygens (including phenoxy) is 1. The topological polar surface area (TPSA) is 96.8 Å². The van der Waals surface area contributed by atoms with E-state index in [1.54, 1.807) is 38.1 Å². The molecule has 7 nitrogen and oxygen atoms in total. The molecule has 1 aliphatic heterocycles. The van der Waals surface area contributed by atoms with Crippen molar-refractivity contribution in [2.75, 3.05) is 12.0 Å². The Morgan fingerprint density at radius 3 is 2.47 bits per heavy atom. The van der Waals surface area contributed by atoms with Crippen molar-refractivity contribution < 1.29 is 28.6 Å². The van der Waals surface area contributed by atoms with E-state index in [0.717, 1.165) is 26.8 Å².